The summed E-state index contributed by atoms with van der Waals surface area (Å²) in [5.74, 6) is 0.0417. The van der Waals surface area contributed by atoms with Gasteiger partial charge in [-0.25, -0.2) is 0 Å². The summed E-state index contributed by atoms with van der Waals surface area (Å²) in [6, 6.07) is 9.84. The maximum atomic E-state index is 10.6. The van der Waals surface area contributed by atoms with Gasteiger partial charge in [0.2, 0.25) is 0 Å². The summed E-state index contributed by atoms with van der Waals surface area (Å²) in [6.07, 6.45) is 0.688. The zero-order chi connectivity index (χ0) is 13.0. The molecular formula is C14H14O3S. The van der Waals surface area contributed by atoms with Gasteiger partial charge in [0.15, 0.2) is 0 Å². The number of hydrogen-bond acceptors (Lipinski definition) is 3. The van der Waals surface area contributed by atoms with E-state index >= 15 is 0 Å². The van der Waals surface area contributed by atoms with Crippen LogP contribution in [-0.2, 0) is 11.2 Å². The van der Waals surface area contributed by atoms with E-state index in [-0.39, 0.29) is 6.42 Å². The minimum atomic E-state index is -0.775. The second kappa shape index (κ2) is 5.69. The SMILES string of the molecule is COc1ccc(CCC(=O)O)cc1-c1cccs1. The minimum Gasteiger partial charge on any atom is -0.496 e. The molecule has 0 spiro atoms. The second-order valence-electron chi connectivity index (χ2n) is 3.91. The molecule has 1 aromatic heterocycles. The summed E-state index contributed by atoms with van der Waals surface area (Å²) < 4.78 is 5.34. The fraction of sp³-hybridized carbons (Fsp3) is 0.214. The molecule has 94 valence electrons. The van der Waals surface area contributed by atoms with Gasteiger partial charge in [0.05, 0.1) is 7.11 Å². The number of rotatable bonds is 5. The number of carbonyl (C=O) groups is 1. The maximum Gasteiger partial charge on any atom is 0.303 e. The highest BCUT2D eigenvalue weighted by molar-refractivity contribution is 7.13. The van der Waals surface area contributed by atoms with E-state index in [4.69, 9.17) is 9.84 Å². The second-order valence-corrected chi connectivity index (χ2v) is 4.85. The highest BCUT2D eigenvalue weighted by Gasteiger charge is 2.08. The zero-order valence-electron chi connectivity index (χ0n) is 10.1. The summed E-state index contributed by atoms with van der Waals surface area (Å²) in [6.45, 7) is 0. The highest BCUT2D eigenvalue weighted by Crippen LogP contribution is 2.34. The largest absolute Gasteiger partial charge is 0.496 e. The molecule has 0 saturated carbocycles. The molecule has 0 aliphatic rings. The molecule has 1 heterocycles. The summed E-state index contributed by atoms with van der Waals surface area (Å²) >= 11 is 1.64. The molecule has 1 N–H and O–H groups in total. The van der Waals surface area contributed by atoms with Crippen LogP contribution in [0.5, 0.6) is 5.75 Å². The molecule has 0 radical (unpaired) electrons. The number of aryl methyl sites for hydroxylation is 1. The Kier molecular flexibility index (Phi) is 3.99. The highest BCUT2D eigenvalue weighted by atomic mass is 32.1. The van der Waals surface area contributed by atoms with E-state index in [1.54, 1.807) is 18.4 Å². The predicted molar refractivity (Wildman–Crippen MR) is 72.3 cm³/mol. The first-order valence-electron chi connectivity index (χ1n) is 5.63. The van der Waals surface area contributed by atoms with Gasteiger partial charge >= 0.3 is 5.97 Å². The van der Waals surface area contributed by atoms with Crippen molar-refractivity contribution in [3.8, 4) is 16.2 Å². The molecule has 0 fully saturated rings. The van der Waals surface area contributed by atoms with Crippen LogP contribution in [0.2, 0.25) is 0 Å². The van der Waals surface area contributed by atoms with Crippen LogP contribution in [0.15, 0.2) is 35.7 Å². The smallest absolute Gasteiger partial charge is 0.303 e. The third-order valence-electron chi connectivity index (χ3n) is 2.68. The lowest BCUT2D eigenvalue weighted by Gasteiger charge is -2.09. The van der Waals surface area contributed by atoms with Crippen molar-refractivity contribution in [1.29, 1.82) is 0 Å². The Morgan fingerprint density at radius 2 is 2.22 bits per heavy atom. The van der Waals surface area contributed by atoms with Crippen molar-refractivity contribution in [3.63, 3.8) is 0 Å². The van der Waals surface area contributed by atoms with Gasteiger partial charge in [0.25, 0.3) is 0 Å². The molecule has 2 rings (SSSR count). The average molecular weight is 262 g/mol. The summed E-state index contributed by atoms with van der Waals surface area (Å²) in [5.41, 5.74) is 2.04. The van der Waals surface area contributed by atoms with E-state index in [0.717, 1.165) is 21.8 Å². The quantitative estimate of drug-likeness (QED) is 0.897. The molecule has 0 bridgehead atoms. The normalized spacial score (nSPS) is 10.3. The molecule has 0 unspecified atom stereocenters. The maximum absolute atomic E-state index is 10.6. The van der Waals surface area contributed by atoms with Crippen LogP contribution in [0.25, 0.3) is 10.4 Å². The van der Waals surface area contributed by atoms with Gasteiger partial charge in [-0.05, 0) is 35.6 Å². The minimum absolute atomic E-state index is 0.149. The van der Waals surface area contributed by atoms with Crippen molar-refractivity contribution in [3.05, 3.63) is 41.3 Å². The van der Waals surface area contributed by atoms with Crippen LogP contribution in [0.4, 0.5) is 0 Å². The molecule has 4 heteroatoms. The Hall–Kier alpha value is -1.81. The fourth-order valence-electron chi connectivity index (χ4n) is 1.79. The van der Waals surface area contributed by atoms with Gasteiger partial charge in [-0.1, -0.05) is 12.1 Å². The number of carboxylic acids is 1. The molecule has 18 heavy (non-hydrogen) atoms. The molecule has 3 nitrogen and oxygen atoms in total. The summed E-state index contributed by atoms with van der Waals surface area (Å²) in [4.78, 5) is 11.7. The van der Waals surface area contributed by atoms with E-state index in [9.17, 15) is 4.79 Å². The molecule has 0 aliphatic carbocycles. The van der Waals surface area contributed by atoms with Crippen LogP contribution in [0, 0.1) is 0 Å². The Balaban J connectivity index is 2.31. The molecular weight excluding hydrogens is 248 g/mol. The number of hydrogen-bond donors (Lipinski definition) is 1. The van der Waals surface area contributed by atoms with Gasteiger partial charge in [-0.15, -0.1) is 11.3 Å². The monoisotopic (exact) mass is 262 g/mol. The number of aliphatic carboxylic acids is 1. The molecule has 1 aromatic carbocycles. The molecule has 0 aliphatic heterocycles. The summed E-state index contributed by atoms with van der Waals surface area (Å²) in [5, 5.41) is 10.7. The first kappa shape index (κ1) is 12.6. The fourth-order valence-corrected chi connectivity index (χ4v) is 2.53. The van der Waals surface area contributed by atoms with Gasteiger partial charge in [0.1, 0.15) is 5.75 Å². The number of thiophene rings is 1. The van der Waals surface area contributed by atoms with Gasteiger partial charge in [0, 0.05) is 16.9 Å². The van der Waals surface area contributed by atoms with Crippen LogP contribution in [0.1, 0.15) is 12.0 Å². The third kappa shape index (κ3) is 2.90. The number of benzene rings is 1. The number of methoxy groups -OCH3 is 1. The number of carboxylic acid groups (broad SMARTS) is 1. The first-order chi connectivity index (χ1) is 8.70. The molecule has 0 saturated heterocycles. The van der Waals surface area contributed by atoms with Gasteiger partial charge < -0.3 is 9.84 Å². The van der Waals surface area contributed by atoms with Crippen molar-refractivity contribution < 1.29 is 14.6 Å². The Labute approximate surface area is 110 Å². The summed E-state index contributed by atoms with van der Waals surface area (Å²) in [7, 11) is 1.64. The Morgan fingerprint density at radius 3 is 2.83 bits per heavy atom. The lowest BCUT2D eigenvalue weighted by molar-refractivity contribution is -0.136. The van der Waals surface area contributed by atoms with E-state index in [1.807, 2.05) is 35.7 Å². The van der Waals surface area contributed by atoms with E-state index in [1.165, 1.54) is 0 Å². The first-order valence-corrected chi connectivity index (χ1v) is 6.51. The zero-order valence-corrected chi connectivity index (χ0v) is 10.9. The van der Waals surface area contributed by atoms with Gasteiger partial charge in [-0.3, -0.25) is 4.79 Å². The molecule has 0 amide bonds. The lowest BCUT2D eigenvalue weighted by Crippen LogP contribution is -1.98. The van der Waals surface area contributed by atoms with Crippen molar-refractivity contribution in [2.75, 3.05) is 7.11 Å². The Bertz CT molecular complexity index is 532. The van der Waals surface area contributed by atoms with Crippen molar-refractivity contribution >= 4 is 17.3 Å². The van der Waals surface area contributed by atoms with Gasteiger partial charge in [-0.2, -0.15) is 0 Å². The third-order valence-corrected chi connectivity index (χ3v) is 3.58. The van der Waals surface area contributed by atoms with Crippen molar-refractivity contribution in [2.24, 2.45) is 0 Å². The molecule has 2 aromatic rings. The van der Waals surface area contributed by atoms with Crippen molar-refractivity contribution in [1.82, 2.24) is 0 Å². The topological polar surface area (TPSA) is 46.5 Å². The predicted octanol–water partition coefficient (Wildman–Crippen LogP) is 3.44. The van der Waals surface area contributed by atoms with E-state index < -0.39 is 5.97 Å². The van der Waals surface area contributed by atoms with Crippen molar-refractivity contribution in [2.45, 2.75) is 12.8 Å². The van der Waals surface area contributed by atoms with E-state index in [0.29, 0.717) is 6.42 Å². The Morgan fingerprint density at radius 1 is 1.39 bits per heavy atom. The van der Waals surface area contributed by atoms with Crippen LogP contribution in [0.3, 0.4) is 0 Å². The van der Waals surface area contributed by atoms with Crippen LogP contribution in [-0.4, -0.2) is 18.2 Å². The van der Waals surface area contributed by atoms with Crippen LogP contribution < -0.4 is 4.74 Å². The molecule has 0 atom stereocenters. The van der Waals surface area contributed by atoms with E-state index in [2.05, 4.69) is 0 Å². The lowest BCUT2D eigenvalue weighted by atomic mass is 10.0. The average Bonchev–Trinajstić information content (AvgIpc) is 2.89. The standard InChI is InChI=1S/C14H14O3S/c1-17-12-6-4-10(5-7-14(15)16)9-11(12)13-3-2-8-18-13/h2-4,6,8-9H,5,7H2,1H3,(H,15,16). The number of ether oxygens (including phenoxy) is 1. The van der Waals surface area contributed by atoms with Crippen LogP contribution >= 0.6 is 11.3 Å².